The van der Waals surface area contributed by atoms with Gasteiger partial charge in [0, 0.05) is 57.5 Å². The molecule has 2 N–H and O–H groups in total. The molecular weight excluding hydrogens is 406 g/mol. The van der Waals surface area contributed by atoms with E-state index >= 15 is 0 Å². The molecule has 0 spiro atoms. The number of guanidine groups is 1. The summed E-state index contributed by atoms with van der Waals surface area (Å²) in [4.78, 5) is 21.1. The number of hydrogen-bond donors (Lipinski definition) is 2. The standard InChI is InChI=1S/C24H39N5O3/c1-4-25-22(28-13-15-29(16-14-28)23(30)32-5-2)26-19-24(11-17-31-18-12-24)27-20(3)21-9-7-6-8-10-21/h6-10,20,27H,4-5,11-19H2,1-3H3,(H,25,26). The van der Waals surface area contributed by atoms with E-state index in [0.29, 0.717) is 26.2 Å². The van der Waals surface area contributed by atoms with Gasteiger partial charge in [0.15, 0.2) is 5.96 Å². The van der Waals surface area contributed by atoms with Crippen molar-refractivity contribution in [3.05, 3.63) is 35.9 Å². The molecule has 2 aliphatic rings. The highest BCUT2D eigenvalue weighted by atomic mass is 16.6. The number of nitrogens with zero attached hydrogens (tertiary/aromatic N) is 3. The van der Waals surface area contributed by atoms with Crippen LogP contribution in [0, 0.1) is 0 Å². The third kappa shape index (κ3) is 6.59. The molecule has 2 saturated heterocycles. The molecule has 3 rings (SSSR count). The summed E-state index contributed by atoms with van der Waals surface area (Å²) in [6.45, 7) is 12.3. The smallest absolute Gasteiger partial charge is 0.409 e. The third-order valence-corrected chi connectivity index (χ3v) is 6.24. The lowest BCUT2D eigenvalue weighted by atomic mass is 9.88. The lowest BCUT2D eigenvalue weighted by molar-refractivity contribution is 0.0373. The van der Waals surface area contributed by atoms with Crippen LogP contribution in [0.5, 0.6) is 0 Å². The first-order valence-electron chi connectivity index (χ1n) is 11.9. The number of ether oxygens (including phenoxy) is 2. The fourth-order valence-corrected chi connectivity index (χ4v) is 4.36. The van der Waals surface area contributed by atoms with Crippen LogP contribution in [0.25, 0.3) is 0 Å². The second-order valence-corrected chi connectivity index (χ2v) is 8.51. The molecule has 8 nitrogen and oxygen atoms in total. The maximum Gasteiger partial charge on any atom is 0.409 e. The summed E-state index contributed by atoms with van der Waals surface area (Å²) >= 11 is 0. The summed E-state index contributed by atoms with van der Waals surface area (Å²) in [5, 5.41) is 7.33. The van der Waals surface area contributed by atoms with Crippen molar-refractivity contribution < 1.29 is 14.3 Å². The van der Waals surface area contributed by atoms with Gasteiger partial charge in [-0.25, -0.2) is 4.79 Å². The van der Waals surface area contributed by atoms with E-state index in [9.17, 15) is 4.79 Å². The fraction of sp³-hybridized carbons (Fsp3) is 0.667. The Labute approximate surface area is 192 Å². The van der Waals surface area contributed by atoms with Crippen molar-refractivity contribution in [2.45, 2.75) is 45.2 Å². The number of piperazine rings is 1. The summed E-state index contributed by atoms with van der Waals surface area (Å²) in [5.74, 6) is 0.913. The van der Waals surface area contributed by atoms with E-state index in [2.05, 4.69) is 59.7 Å². The Morgan fingerprint density at radius 1 is 1.12 bits per heavy atom. The van der Waals surface area contributed by atoms with Gasteiger partial charge in [0.1, 0.15) is 0 Å². The molecule has 1 unspecified atom stereocenters. The summed E-state index contributed by atoms with van der Waals surface area (Å²) in [5.41, 5.74) is 1.19. The van der Waals surface area contributed by atoms with E-state index in [1.807, 2.05) is 6.92 Å². The molecule has 1 aromatic carbocycles. The molecule has 178 valence electrons. The number of benzene rings is 1. The van der Waals surface area contributed by atoms with Crippen LogP contribution in [-0.4, -0.2) is 86.5 Å². The van der Waals surface area contributed by atoms with E-state index in [1.165, 1.54) is 5.56 Å². The predicted octanol–water partition coefficient (Wildman–Crippen LogP) is 2.63. The average Bonchev–Trinajstić information content (AvgIpc) is 2.83. The van der Waals surface area contributed by atoms with Crippen molar-refractivity contribution in [2.24, 2.45) is 4.99 Å². The summed E-state index contributed by atoms with van der Waals surface area (Å²) < 4.78 is 10.8. The van der Waals surface area contributed by atoms with Gasteiger partial charge in [-0.05, 0) is 39.2 Å². The molecule has 0 aliphatic carbocycles. The van der Waals surface area contributed by atoms with E-state index in [-0.39, 0.29) is 17.7 Å². The minimum Gasteiger partial charge on any atom is -0.450 e. The van der Waals surface area contributed by atoms with Crippen LogP contribution in [0.15, 0.2) is 35.3 Å². The zero-order valence-electron chi connectivity index (χ0n) is 19.8. The molecular formula is C24H39N5O3. The van der Waals surface area contributed by atoms with E-state index in [1.54, 1.807) is 4.90 Å². The molecule has 0 aromatic heterocycles. The Balaban J connectivity index is 1.67. The van der Waals surface area contributed by atoms with Gasteiger partial charge >= 0.3 is 6.09 Å². The number of rotatable bonds is 7. The molecule has 8 heteroatoms. The second-order valence-electron chi connectivity index (χ2n) is 8.51. The molecule has 0 radical (unpaired) electrons. The molecule has 2 heterocycles. The monoisotopic (exact) mass is 445 g/mol. The highest BCUT2D eigenvalue weighted by Crippen LogP contribution is 2.26. The minimum absolute atomic E-state index is 0.0963. The van der Waals surface area contributed by atoms with Gasteiger partial charge in [-0.1, -0.05) is 30.3 Å². The van der Waals surface area contributed by atoms with Crippen molar-refractivity contribution in [1.82, 2.24) is 20.4 Å². The Morgan fingerprint density at radius 2 is 1.78 bits per heavy atom. The van der Waals surface area contributed by atoms with Crippen LogP contribution in [0.4, 0.5) is 4.79 Å². The number of carbonyl (C=O) groups is 1. The van der Waals surface area contributed by atoms with Gasteiger partial charge < -0.3 is 29.9 Å². The Kier molecular flexibility index (Phi) is 9.17. The number of carbonyl (C=O) groups excluding carboxylic acids is 1. The van der Waals surface area contributed by atoms with Crippen LogP contribution in [0.3, 0.4) is 0 Å². The van der Waals surface area contributed by atoms with Crippen molar-refractivity contribution in [1.29, 1.82) is 0 Å². The fourth-order valence-electron chi connectivity index (χ4n) is 4.36. The molecule has 2 fully saturated rings. The van der Waals surface area contributed by atoms with Gasteiger partial charge in [-0.3, -0.25) is 4.99 Å². The van der Waals surface area contributed by atoms with Crippen LogP contribution < -0.4 is 10.6 Å². The van der Waals surface area contributed by atoms with Gasteiger partial charge in [-0.2, -0.15) is 0 Å². The molecule has 2 aliphatic heterocycles. The second kappa shape index (κ2) is 12.1. The van der Waals surface area contributed by atoms with Crippen molar-refractivity contribution in [2.75, 3.05) is 59.1 Å². The topological polar surface area (TPSA) is 78.4 Å². The number of amides is 1. The van der Waals surface area contributed by atoms with Gasteiger partial charge in [0.05, 0.1) is 13.2 Å². The number of nitrogens with one attached hydrogen (secondary N) is 2. The van der Waals surface area contributed by atoms with Crippen LogP contribution in [0.1, 0.15) is 45.2 Å². The lowest BCUT2D eigenvalue weighted by Gasteiger charge is -2.40. The highest BCUT2D eigenvalue weighted by molar-refractivity contribution is 5.80. The Hall–Kier alpha value is -2.32. The molecule has 32 heavy (non-hydrogen) atoms. The third-order valence-electron chi connectivity index (χ3n) is 6.24. The molecule has 0 bridgehead atoms. The highest BCUT2D eigenvalue weighted by Gasteiger charge is 2.34. The molecule has 1 amide bonds. The first-order valence-corrected chi connectivity index (χ1v) is 11.9. The lowest BCUT2D eigenvalue weighted by Crippen LogP contribution is -2.55. The number of aliphatic imine (C=N–C) groups is 1. The first kappa shape index (κ1) is 24.3. The molecule has 1 atom stereocenters. The van der Waals surface area contributed by atoms with Crippen LogP contribution in [-0.2, 0) is 9.47 Å². The maximum atomic E-state index is 12.0. The van der Waals surface area contributed by atoms with Crippen LogP contribution in [0.2, 0.25) is 0 Å². The van der Waals surface area contributed by atoms with E-state index in [4.69, 9.17) is 14.5 Å². The minimum atomic E-state index is -0.227. The summed E-state index contributed by atoms with van der Waals surface area (Å²) in [6, 6.07) is 10.8. The quantitative estimate of drug-likeness (QED) is 0.496. The maximum absolute atomic E-state index is 12.0. The largest absolute Gasteiger partial charge is 0.450 e. The molecule has 0 saturated carbocycles. The summed E-state index contributed by atoms with van der Waals surface area (Å²) in [6.07, 6.45) is 1.64. The number of hydrogen-bond acceptors (Lipinski definition) is 5. The zero-order valence-corrected chi connectivity index (χ0v) is 19.8. The normalized spacial score (nSPS) is 20.0. The SMILES string of the molecule is CCNC(=NCC1(NC(C)c2ccccc2)CCOCC1)N1CCN(C(=O)OCC)CC1. The Bertz CT molecular complexity index is 728. The van der Waals surface area contributed by atoms with Gasteiger partial charge in [0.2, 0.25) is 0 Å². The predicted molar refractivity (Wildman–Crippen MR) is 127 cm³/mol. The van der Waals surface area contributed by atoms with Crippen molar-refractivity contribution in [3.63, 3.8) is 0 Å². The average molecular weight is 446 g/mol. The molecule has 1 aromatic rings. The van der Waals surface area contributed by atoms with E-state index < -0.39 is 0 Å². The first-order chi connectivity index (χ1) is 15.6. The van der Waals surface area contributed by atoms with Crippen molar-refractivity contribution >= 4 is 12.1 Å². The summed E-state index contributed by atoms with van der Waals surface area (Å²) in [7, 11) is 0. The van der Waals surface area contributed by atoms with Gasteiger partial charge in [0.25, 0.3) is 0 Å². The van der Waals surface area contributed by atoms with E-state index in [0.717, 1.165) is 51.6 Å². The zero-order chi connectivity index (χ0) is 22.8. The van der Waals surface area contributed by atoms with Crippen molar-refractivity contribution in [3.8, 4) is 0 Å². The van der Waals surface area contributed by atoms with Gasteiger partial charge in [-0.15, -0.1) is 0 Å². The van der Waals surface area contributed by atoms with Crippen LogP contribution >= 0.6 is 0 Å². The Morgan fingerprint density at radius 3 is 2.41 bits per heavy atom.